The number of rotatable bonds is 5. The van der Waals surface area contributed by atoms with E-state index in [-0.39, 0.29) is 5.91 Å². The van der Waals surface area contributed by atoms with Gasteiger partial charge in [0, 0.05) is 28.5 Å². The number of hydrogen-bond donors (Lipinski definition) is 3. The summed E-state index contributed by atoms with van der Waals surface area (Å²) in [6, 6.07) is 12.2. The van der Waals surface area contributed by atoms with E-state index in [0.717, 1.165) is 22.4 Å². The van der Waals surface area contributed by atoms with Gasteiger partial charge in [0.05, 0.1) is 10.0 Å². The van der Waals surface area contributed by atoms with Gasteiger partial charge >= 0.3 is 0 Å². The minimum absolute atomic E-state index is 0.286. The zero-order valence-electron chi connectivity index (χ0n) is 15.9. The summed E-state index contributed by atoms with van der Waals surface area (Å²) in [5, 5.41) is 14.0. The van der Waals surface area contributed by atoms with Gasteiger partial charge in [-0.05, 0) is 68.3 Å². The highest BCUT2D eigenvalue weighted by molar-refractivity contribution is 7.98. The topological polar surface area (TPSA) is 83.4 Å². The van der Waals surface area contributed by atoms with Gasteiger partial charge in [-0.3, -0.25) is 14.3 Å². The molecule has 0 radical (unpaired) electrons. The molecular weight excluding hydrogens is 433 g/mol. The molecule has 3 aromatic rings. The van der Waals surface area contributed by atoms with Crippen LogP contribution < -0.4 is 10.0 Å². The van der Waals surface area contributed by atoms with Crippen molar-refractivity contribution in [3.05, 3.63) is 58.2 Å². The molecule has 0 aliphatic rings. The van der Waals surface area contributed by atoms with E-state index in [1.165, 1.54) is 13.8 Å². The van der Waals surface area contributed by atoms with Crippen molar-refractivity contribution < 1.29 is 14.7 Å². The van der Waals surface area contributed by atoms with Crippen LogP contribution in [0.15, 0.2) is 47.4 Å². The number of nitrogens with one attached hydrogen (secondary N) is 2. The lowest BCUT2D eigenvalue weighted by Crippen LogP contribution is -2.38. The van der Waals surface area contributed by atoms with E-state index in [1.54, 1.807) is 48.0 Å². The second-order valence-corrected chi connectivity index (χ2v) is 8.62. The lowest BCUT2D eigenvalue weighted by atomic mass is 10.1. The Bertz CT molecular complexity index is 1090. The van der Waals surface area contributed by atoms with E-state index < -0.39 is 11.5 Å². The van der Waals surface area contributed by atoms with Crippen LogP contribution in [0.3, 0.4) is 0 Å². The zero-order chi connectivity index (χ0) is 21.3. The Morgan fingerprint density at radius 1 is 1.10 bits per heavy atom. The van der Waals surface area contributed by atoms with Crippen LogP contribution in [0.2, 0.25) is 10.0 Å². The van der Waals surface area contributed by atoms with Crippen molar-refractivity contribution in [2.24, 2.45) is 7.05 Å². The van der Waals surface area contributed by atoms with Crippen molar-refractivity contribution in [1.82, 2.24) is 9.29 Å². The van der Waals surface area contributed by atoms with Crippen LogP contribution in [-0.4, -0.2) is 27.1 Å². The molecule has 0 atom stereocenters. The lowest BCUT2D eigenvalue weighted by molar-refractivity contribution is -0.134. The van der Waals surface area contributed by atoms with Gasteiger partial charge in [0.15, 0.2) is 0 Å². The van der Waals surface area contributed by atoms with Crippen molar-refractivity contribution in [2.45, 2.75) is 24.3 Å². The smallest absolute Gasteiger partial charge is 0.272 e. The molecule has 0 unspecified atom stereocenters. The fraction of sp³-hybridized carbons (Fsp3) is 0.200. The average molecular weight is 452 g/mol. The third kappa shape index (κ3) is 4.70. The molecule has 29 heavy (non-hydrogen) atoms. The van der Waals surface area contributed by atoms with Gasteiger partial charge in [0.25, 0.3) is 11.8 Å². The lowest BCUT2D eigenvalue weighted by Gasteiger charge is -2.15. The van der Waals surface area contributed by atoms with Crippen molar-refractivity contribution in [3.8, 4) is 0 Å². The normalized spacial score (nSPS) is 11.5. The molecule has 152 valence electrons. The molecule has 0 aliphatic carbocycles. The van der Waals surface area contributed by atoms with Gasteiger partial charge in [-0.1, -0.05) is 23.2 Å². The van der Waals surface area contributed by atoms with Gasteiger partial charge in [-0.15, -0.1) is 0 Å². The maximum Gasteiger partial charge on any atom is 0.272 e. The summed E-state index contributed by atoms with van der Waals surface area (Å²) >= 11 is 13.4. The van der Waals surface area contributed by atoms with Crippen molar-refractivity contribution in [2.75, 3.05) is 5.32 Å². The number of carbonyl (C=O) groups excluding carboxylic acids is 2. The molecular formula is C20H19Cl2N3O3S. The molecule has 0 saturated carbocycles. The summed E-state index contributed by atoms with van der Waals surface area (Å²) < 4.78 is 4.32. The Balaban J connectivity index is 1.71. The summed E-state index contributed by atoms with van der Waals surface area (Å²) in [7, 11) is 1.78. The van der Waals surface area contributed by atoms with Crippen LogP contribution in [0.25, 0.3) is 10.9 Å². The average Bonchev–Trinajstić information content (AvgIpc) is 3.00. The van der Waals surface area contributed by atoms with Crippen LogP contribution in [0.1, 0.15) is 24.3 Å². The molecule has 1 heterocycles. The van der Waals surface area contributed by atoms with E-state index in [4.69, 9.17) is 23.2 Å². The number of amides is 2. The number of benzene rings is 2. The number of halogens is 2. The number of fused-ring (bicyclic) bond motifs is 1. The summed E-state index contributed by atoms with van der Waals surface area (Å²) in [6.07, 6.45) is 0. The number of aliphatic hydroxyl groups is 1. The van der Waals surface area contributed by atoms with E-state index in [9.17, 15) is 14.7 Å². The molecule has 1 aromatic heterocycles. The van der Waals surface area contributed by atoms with Crippen molar-refractivity contribution in [1.29, 1.82) is 0 Å². The predicted octanol–water partition coefficient (Wildman–Crippen LogP) is 4.63. The minimum atomic E-state index is -1.45. The standard InChI is InChI=1S/C20H19Cl2N3O3S/c1-20(2,28)19(27)24-29-12-6-4-11(5-7-12)23-18(26)16-10-13-15(25(16)3)9-8-14(21)17(13)22/h4-10,28H,1-3H3,(H,23,26)(H,24,27). The molecule has 9 heteroatoms. The summed E-state index contributed by atoms with van der Waals surface area (Å²) in [6.45, 7) is 2.82. The first-order valence-electron chi connectivity index (χ1n) is 8.62. The molecule has 6 nitrogen and oxygen atoms in total. The van der Waals surface area contributed by atoms with E-state index >= 15 is 0 Å². The SMILES string of the molecule is Cn1c(C(=O)Nc2ccc(SNC(=O)C(C)(C)O)cc2)cc2c(Cl)c(Cl)ccc21. The number of nitrogens with zero attached hydrogens (tertiary/aromatic N) is 1. The predicted molar refractivity (Wildman–Crippen MR) is 118 cm³/mol. The second kappa shape index (κ2) is 8.28. The van der Waals surface area contributed by atoms with Crippen molar-refractivity contribution in [3.63, 3.8) is 0 Å². The van der Waals surface area contributed by atoms with Gasteiger partial charge in [-0.2, -0.15) is 0 Å². The maximum atomic E-state index is 12.7. The van der Waals surface area contributed by atoms with Crippen LogP contribution in [0.4, 0.5) is 5.69 Å². The van der Waals surface area contributed by atoms with Crippen LogP contribution in [0.5, 0.6) is 0 Å². The molecule has 0 spiro atoms. The third-order valence-electron chi connectivity index (χ3n) is 4.28. The summed E-state index contributed by atoms with van der Waals surface area (Å²) in [5.41, 5.74) is 0.397. The van der Waals surface area contributed by atoms with Crippen LogP contribution in [-0.2, 0) is 11.8 Å². The monoisotopic (exact) mass is 451 g/mol. The molecule has 0 saturated heterocycles. The fourth-order valence-electron chi connectivity index (χ4n) is 2.60. The Morgan fingerprint density at radius 2 is 1.76 bits per heavy atom. The highest BCUT2D eigenvalue weighted by atomic mass is 35.5. The van der Waals surface area contributed by atoms with E-state index in [0.29, 0.717) is 26.8 Å². The highest BCUT2D eigenvalue weighted by Gasteiger charge is 2.23. The number of anilines is 1. The van der Waals surface area contributed by atoms with E-state index in [1.807, 2.05) is 6.07 Å². The molecule has 2 aromatic carbocycles. The molecule has 3 rings (SSSR count). The van der Waals surface area contributed by atoms with E-state index in [2.05, 4.69) is 10.0 Å². The molecule has 3 N–H and O–H groups in total. The fourth-order valence-corrected chi connectivity index (χ4v) is 3.71. The number of aryl methyl sites for hydroxylation is 1. The van der Waals surface area contributed by atoms with Gasteiger partial charge in [0.1, 0.15) is 11.3 Å². The third-order valence-corrected chi connectivity index (χ3v) is 5.89. The number of aromatic nitrogens is 1. The van der Waals surface area contributed by atoms with Crippen molar-refractivity contribution >= 4 is 63.6 Å². The summed E-state index contributed by atoms with van der Waals surface area (Å²) in [5.74, 6) is -0.777. The quantitative estimate of drug-likeness (QED) is 0.493. The van der Waals surface area contributed by atoms with Gasteiger partial charge in [-0.25, -0.2) is 0 Å². The summed E-state index contributed by atoms with van der Waals surface area (Å²) in [4.78, 5) is 25.2. The second-order valence-electron chi connectivity index (χ2n) is 6.95. The van der Waals surface area contributed by atoms with Crippen LogP contribution >= 0.6 is 35.1 Å². The molecule has 0 fully saturated rings. The maximum absolute atomic E-state index is 12.7. The minimum Gasteiger partial charge on any atom is -0.381 e. The first-order chi connectivity index (χ1) is 13.6. The number of hydrogen-bond acceptors (Lipinski definition) is 4. The zero-order valence-corrected chi connectivity index (χ0v) is 18.2. The Labute approximate surface area is 182 Å². The molecule has 2 amide bonds. The molecule has 0 aliphatic heterocycles. The Kier molecular flexibility index (Phi) is 6.14. The van der Waals surface area contributed by atoms with Gasteiger partial charge < -0.3 is 15.0 Å². The van der Waals surface area contributed by atoms with Gasteiger partial charge in [0.2, 0.25) is 0 Å². The highest BCUT2D eigenvalue weighted by Crippen LogP contribution is 2.32. The first kappa shape index (κ1) is 21.5. The molecule has 0 bridgehead atoms. The number of carbonyl (C=O) groups is 2. The largest absolute Gasteiger partial charge is 0.381 e. The first-order valence-corrected chi connectivity index (χ1v) is 10.2. The Hall–Kier alpha value is -2.19. The Morgan fingerprint density at radius 3 is 2.38 bits per heavy atom. The van der Waals surface area contributed by atoms with Crippen LogP contribution in [0, 0.1) is 0 Å².